The Balaban J connectivity index is 2.43. The first-order valence-electron chi connectivity index (χ1n) is 5.63. The van der Waals surface area contributed by atoms with Crippen LogP contribution in [0.15, 0.2) is 18.2 Å². The molecule has 0 bridgehead atoms. The van der Waals surface area contributed by atoms with Gasteiger partial charge in [0.2, 0.25) is 0 Å². The maximum atomic E-state index is 13.1. The fourth-order valence-corrected chi connectivity index (χ4v) is 1.77. The molecule has 5 heteroatoms. The number of halogens is 1. The molecular formula is C13H13FN2O2. The molecule has 0 aliphatic heterocycles. The summed E-state index contributed by atoms with van der Waals surface area (Å²) in [5.74, 6) is -1.28. The number of rotatable bonds is 3. The number of aromatic nitrogens is 2. The molecule has 0 spiro atoms. The van der Waals surface area contributed by atoms with Gasteiger partial charge in [-0.05, 0) is 25.1 Å². The Morgan fingerprint density at radius 1 is 1.44 bits per heavy atom. The van der Waals surface area contributed by atoms with Gasteiger partial charge in [0.05, 0.1) is 11.4 Å². The number of nitrogens with zero attached hydrogens (tertiary/aromatic N) is 2. The van der Waals surface area contributed by atoms with E-state index in [0.29, 0.717) is 22.4 Å². The molecule has 18 heavy (non-hydrogen) atoms. The molecule has 0 saturated carbocycles. The average Bonchev–Trinajstić information content (AvgIpc) is 2.30. The van der Waals surface area contributed by atoms with Crippen LogP contribution in [0.2, 0.25) is 0 Å². The number of aryl methyl sites for hydroxylation is 1. The van der Waals surface area contributed by atoms with Gasteiger partial charge >= 0.3 is 5.97 Å². The van der Waals surface area contributed by atoms with Crippen LogP contribution < -0.4 is 0 Å². The highest BCUT2D eigenvalue weighted by molar-refractivity contribution is 5.80. The summed E-state index contributed by atoms with van der Waals surface area (Å²) in [6, 6.07) is 4.29. The predicted molar refractivity (Wildman–Crippen MR) is 64.7 cm³/mol. The van der Waals surface area contributed by atoms with Crippen molar-refractivity contribution in [3.05, 3.63) is 35.5 Å². The third kappa shape index (κ3) is 2.45. The largest absolute Gasteiger partial charge is 0.481 e. The highest BCUT2D eigenvalue weighted by Crippen LogP contribution is 2.17. The van der Waals surface area contributed by atoms with Crippen LogP contribution in [-0.4, -0.2) is 21.0 Å². The van der Waals surface area contributed by atoms with Gasteiger partial charge in [-0.1, -0.05) is 6.92 Å². The Kier molecular flexibility index (Phi) is 3.23. The predicted octanol–water partition coefficient (Wildman–Crippen LogP) is 2.34. The standard InChI is InChI=1S/C13H13FN2O2/c1-7(13(17)18)5-12-15-8(2)10-6-9(14)3-4-11(10)16-12/h3-4,6-7H,5H2,1-2H3,(H,17,18). The van der Waals surface area contributed by atoms with Crippen molar-refractivity contribution in [3.63, 3.8) is 0 Å². The van der Waals surface area contributed by atoms with Gasteiger partial charge < -0.3 is 5.11 Å². The molecule has 0 aliphatic carbocycles. The van der Waals surface area contributed by atoms with Crippen LogP contribution in [0.1, 0.15) is 18.4 Å². The highest BCUT2D eigenvalue weighted by Gasteiger charge is 2.14. The van der Waals surface area contributed by atoms with Crippen LogP contribution in [0.25, 0.3) is 10.9 Å². The first-order chi connectivity index (χ1) is 8.47. The lowest BCUT2D eigenvalue weighted by Gasteiger charge is -2.08. The first kappa shape index (κ1) is 12.4. The molecule has 1 heterocycles. The summed E-state index contributed by atoms with van der Waals surface area (Å²) in [6.45, 7) is 3.37. The van der Waals surface area contributed by atoms with Gasteiger partial charge in [-0.2, -0.15) is 0 Å². The van der Waals surface area contributed by atoms with E-state index in [1.807, 2.05) is 0 Å². The average molecular weight is 248 g/mol. The van der Waals surface area contributed by atoms with Crippen molar-refractivity contribution in [2.24, 2.45) is 5.92 Å². The third-order valence-electron chi connectivity index (χ3n) is 2.80. The van der Waals surface area contributed by atoms with E-state index in [2.05, 4.69) is 9.97 Å². The number of aliphatic carboxylic acids is 1. The minimum atomic E-state index is -0.879. The lowest BCUT2D eigenvalue weighted by Crippen LogP contribution is -2.14. The molecule has 0 fully saturated rings. The number of carboxylic acids is 1. The Hall–Kier alpha value is -2.04. The molecule has 0 amide bonds. The zero-order valence-electron chi connectivity index (χ0n) is 10.1. The van der Waals surface area contributed by atoms with Gasteiger partial charge in [-0.25, -0.2) is 14.4 Å². The van der Waals surface area contributed by atoms with Crippen LogP contribution in [-0.2, 0) is 11.2 Å². The van der Waals surface area contributed by atoms with Gasteiger partial charge in [0.1, 0.15) is 11.6 Å². The van der Waals surface area contributed by atoms with Crippen LogP contribution in [0.4, 0.5) is 4.39 Å². The summed E-state index contributed by atoms with van der Waals surface area (Å²) in [4.78, 5) is 19.3. The van der Waals surface area contributed by atoms with E-state index in [1.165, 1.54) is 12.1 Å². The normalized spacial score (nSPS) is 12.6. The van der Waals surface area contributed by atoms with Crippen LogP contribution in [0.3, 0.4) is 0 Å². The summed E-state index contributed by atoms with van der Waals surface area (Å²) >= 11 is 0. The van der Waals surface area contributed by atoms with Crippen molar-refractivity contribution in [2.45, 2.75) is 20.3 Å². The van der Waals surface area contributed by atoms with E-state index in [4.69, 9.17) is 5.11 Å². The molecule has 94 valence electrons. The number of hydrogen-bond donors (Lipinski definition) is 1. The third-order valence-corrected chi connectivity index (χ3v) is 2.80. The number of carboxylic acid groups (broad SMARTS) is 1. The van der Waals surface area contributed by atoms with Crippen LogP contribution in [0.5, 0.6) is 0 Å². The number of benzene rings is 1. The van der Waals surface area contributed by atoms with E-state index in [0.717, 1.165) is 0 Å². The fourth-order valence-electron chi connectivity index (χ4n) is 1.77. The maximum absolute atomic E-state index is 13.1. The van der Waals surface area contributed by atoms with E-state index in [9.17, 15) is 9.18 Å². The Labute approximate surface area is 103 Å². The molecule has 0 aliphatic rings. The van der Waals surface area contributed by atoms with Crippen molar-refractivity contribution < 1.29 is 14.3 Å². The van der Waals surface area contributed by atoms with E-state index >= 15 is 0 Å². The lowest BCUT2D eigenvalue weighted by atomic mass is 10.1. The van der Waals surface area contributed by atoms with Gasteiger partial charge in [0.25, 0.3) is 0 Å². The minimum Gasteiger partial charge on any atom is -0.481 e. The minimum absolute atomic E-state index is 0.267. The van der Waals surface area contributed by atoms with Crippen molar-refractivity contribution in [3.8, 4) is 0 Å². The quantitative estimate of drug-likeness (QED) is 0.905. The summed E-state index contributed by atoms with van der Waals surface area (Å²) in [6.07, 6.45) is 0.267. The monoisotopic (exact) mass is 248 g/mol. The molecule has 2 aromatic rings. The van der Waals surface area contributed by atoms with Crippen molar-refractivity contribution in [1.29, 1.82) is 0 Å². The smallest absolute Gasteiger partial charge is 0.306 e. The van der Waals surface area contributed by atoms with Gasteiger partial charge in [0, 0.05) is 17.5 Å². The molecule has 1 atom stereocenters. The van der Waals surface area contributed by atoms with E-state index < -0.39 is 11.9 Å². The van der Waals surface area contributed by atoms with Crippen molar-refractivity contribution in [1.82, 2.24) is 9.97 Å². The summed E-state index contributed by atoms with van der Waals surface area (Å²) in [5.41, 5.74) is 1.29. The molecule has 1 unspecified atom stereocenters. The van der Waals surface area contributed by atoms with E-state index in [1.54, 1.807) is 19.9 Å². The van der Waals surface area contributed by atoms with Gasteiger partial charge in [-0.15, -0.1) is 0 Å². The lowest BCUT2D eigenvalue weighted by molar-refractivity contribution is -0.141. The van der Waals surface area contributed by atoms with E-state index in [-0.39, 0.29) is 12.2 Å². The second kappa shape index (κ2) is 4.68. The second-order valence-corrected chi connectivity index (χ2v) is 4.33. The first-order valence-corrected chi connectivity index (χ1v) is 5.63. The van der Waals surface area contributed by atoms with Crippen molar-refractivity contribution in [2.75, 3.05) is 0 Å². The topological polar surface area (TPSA) is 63.1 Å². The molecule has 1 N–H and O–H groups in total. The Bertz CT molecular complexity index is 613. The van der Waals surface area contributed by atoms with Crippen molar-refractivity contribution >= 4 is 16.9 Å². The number of hydrogen-bond acceptors (Lipinski definition) is 3. The fraction of sp³-hybridized carbons (Fsp3) is 0.308. The molecule has 1 aromatic carbocycles. The Morgan fingerprint density at radius 2 is 2.17 bits per heavy atom. The zero-order valence-corrected chi connectivity index (χ0v) is 10.1. The SMILES string of the molecule is Cc1nc(CC(C)C(=O)O)nc2ccc(F)cc12. The van der Waals surface area contributed by atoms with Crippen LogP contribution >= 0.6 is 0 Å². The van der Waals surface area contributed by atoms with Gasteiger partial charge in [0.15, 0.2) is 0 Å². The Morgan fingerprint density at radius 3 is 2.83 bits per heavy atom. The van der Waals surface area contributed by atoms with Crippen LogP contribution in [0, 0.1) is 18.7 Å². The summed E-state index contributed by atoms with van der Waals surface area (Å²) in [5, 5.41) is 9.51. The zero-order chi connectivity index (χ0) is 13.3. The maximum Gasteiger partial charge on any atom is 0.306 e. The molecule has 1 aromatic heterocycles. The highest BCUT2D eigenvalue weighted by atomic mass is 19.1. The summed E-state index contributed by atoms with van der Waals surface area (Å²) in [7, 11) is 0. The molecule has 2 rings (SSSR count). The number of carbonyl (C=O) groups is 1. The number of fused-ring (bicyclic) bond motifs is 1. The molecule has 0 saturated heterocycles. The summed E-state index contributed by atoms with van der Waals surface area (Å²) < 4.78 is 13.1. The van der Waals surface area contributed by atoms with Gasteiger partial charge in [-0.3, -0.25) is 4.79 Å². The molecular weight excluding hydrogens is 235 g/mol. The second-order valence-electron chi connectivity index (χ2n) is 4.33. The molecule has 0 radical (unpaired) electrons. The molecule has 4 nitrogen and oxygen atoms in total.